The van der Waals surface area contributed by atoms with E-state index in [-0.39, 0.29) is 30.3 Å². The molecule has 4 nitrogen and oxygen atoms in total. The molecule has 0 radical (unpaired) electrons. The van der Waals surface area contributed by atoms with E-state index in [2.05, 4.69) is 50.5 Å². The lowest BCUT2D eigenvalue weighted by atomic mass is 9.91. The van der Waals surface area contributed by atoms with Crippen LogP contribution in [0.1, 0.15) is 58.4 Å². The van der Waals surface area contributed by atoms with Crippen molar-refractivity contribution in [3.8, 4) is 0 Å². The highest BCUT2D eigenvalue weighted by Gasteiger charge is 2.28. The number of benzene rings is 1. The van der Waals surface area contributed by atoms with Crippen molar-refractivity contribution in [1.82, 2.24) is 10.6 Å². The van der Waals surface area contributed by atoms with Gasteiger partial charge in [-0.2, -0.15) is 0 Å². The van der Waals surface area contributed by atoms with Gasteiger partial charge in [0.2, 0.25) is 11.8 Å². The minimum Gasteiger partial charge on any atom is -0.353 e. The molecule has 0 fully saturated rings. The average molecular weight is 357 g/mol. The Balaban J connectivity index is 2.31. The van der Waals surface area contributed by atoms with E-state index in [1.165, 1.54) is 0 Å². The van der Waals surface area contributed by atoms with Crippen molar-refractivity contribution in [1.29, 1.82) is 0 Å². The fourth-order valence-electron chi connectivity index (χ4n) is 3.26. The molecule has 1 aromatic rings. The normalized spacial score (nSPS) is 26.6. The van der Waals surface area contributed by atoms with Gasteiger partial charge in [0, 0.05) is 18.5 Å². The molecule has 1 heterocycles. The molecule has 2 amide bonds. The van der Waals surface area contributed by atoms with Crippen LogP contribution in [0.5, 0.6) is 0 Å². The Kier molecular flexibility index (Phi) is 7.43. The van der Waals surface area contributed by atoms with Gasteiger partial charge in [0.05, 0.1) is 5.92 Å². The van der Waals surface area contributed by atoms with Crippen LogP contribution in [0.25, 0.3) is 0 Å². The molecular formula is C22H32N2O2. The Morgan fingerprint density at radius 2 is 1.38 bits per heavy atom. The maximum Gasteiger partial charge on any atom is 0.228 e. The number of carbonyl (C=O) groups excluding carboxylic acids is 2. The maximum absolute atomic E-state index is 13.0. The van der Waals surface area contributed by atoms with E-state index in [0.29, 0.717) is 11.8 Å². The summed E-state index contributed by atoms with van der Waals surface area (Å²) in [5, 5.41) is 6.29. The third kappa shape index (κ3) is 5.72. The number of rotatable bonds is 3. The lowest BCUT2D eigenvalue weighted by Gasteiger charge is -2.27. The first-order valence-electron chi connectivity index (χ1n) is 9.68. The smallest absolute Gasteiger partial charge is 0.228 e. The molecule has 0 saturated carbocycles. The van der Waals surface area contributed by atoms with Crippen molar-refractivity contribution in [2.45, 2.75) is 65.0 Å². The van der Waals surface area contributed by atoms with E-state index in [1.807, 2.05) is 30.3 Å². The van der Waals surface area contributed by atoms with Crippen molar-refractivity contribution >= 4 is 11.8 Å². The summed E-state index contributed by atoms with van der Waals surface area (Å²) in [6.07, 6.45) is 6.06. The van der Waals surface area contributed by atoms with Crippen LogP contribution in [-0.2, 0) is 9.59 Å². The van der Waals surface area contributed by atoms with Crippen LogP contribution in [0.15, 0.2) is 42.5 Å². The summed E-state index contributed by atoms with van der Waals surface area (Å²) in [6.45, 7) is 8.46. The molecular weight excluding hydrogens is 324 g/mol. The summed E-state index contributed by atoms with van der Waals surface area (Å²) < 4.78 is 0. The number of hydrogen-bond acceptors (Lipinski definition) is 2. The van der Waals surface area contributed by atoms with Crippen LogP contribution in [0.3, 0.4) is 0 Å². The molecule has 0 spiro atoms. The van der Waals surface area contributed by atoms with E-state index in [4.69, 9.17) is 0 Å². The minimum absolute atomic E-state index is 0.0669. The summed E-state index contributed by atoms with van der Waals surface area (Å²) in [7, 11) is 0. The summed E-state index contributed by atoms with van der Waals surface area (Å²) in [4.78, 5) is 25.6. The Morgan fingerprint density at radius 1 is 0.846 bits per heavy atom. The number of amides is 2. The first kappa shape index (κ1) is 20.2. The molecule has 1 aromatic carbocycles. The van der Waals surface area contributed by atoms with Crippen LogP contribution in [0.4, 0.5) is 0 Å². The monoisotopic (exact) mass is 356 g/mol. The largest absolute Gasteiger partial charge is 0.353 e. The van der Waals surface area contributed by atoms with Crippen molar-refractivity contribution in [3.05, 3.63) is 48.0 Å². The van der Waals surface area contributed by atoms with Crippen molar-refractivity contribution < 1.29 is 9.59 Å². The Hall–Kier alpha value is -2.10. The van der Waals surface area contributed by atoms with Gasteiger partial charge in [-0.05, 0) is 30.2 Å². The van der Waals surface area contributed by atoms with Crippen LogP contribution < -0.4 is 10.6 Å². The van der Waals surface area contributed by atoms with Gasteiger partial charge >= 0.3 is 0 Å². The standard InChI is InChI=1S/C22H32N2O2/c1-15(2)19-12-8-9-13-20(16(3)4)24-22(26)18(14-21(25)23-19)17-10-6-5-7-11-17/h5-11,15-16,18-20H,12-14H2,1-4H3,(H,23,25)(H,24,26)/b9-8-/t18-,19+,20-/m1/s1. The molecule has 3 atom stereocenters. The van der Waals surface area contributed by atoms with E-state index in [9.17, 15) is 9.59 Å². The molecule has 0 aliphatic carbocycles. The summed E-state index contributed by atoms with van der Waals surface area (Å²) in [5.41, 5.74) is 0.886. The molecule has 1 aliphatic rings. The second-order valence-corrected chi connectivity index (χ2v) is 7.89. The molecule has 142 valence electrons. The molecule has 0 aromatic heterocycles. The van der Waals surface area contributed by atoms with Crippen LogP contribution in [0.2, 0.25) is 0 Å². The zero-order valence-electron chi connectivity index (χ0n) is 16.4. The first-order valence-corrected chi connectivity index (χ1v) is 9.68. The Bertz CT molecular complexity index is 622. The van der Waals surface area contributed by atoms with Gasteiger partial charge in [-0.15, -0.1) is 0 Å². The second kappa shape index (κ2) is 9.56. The predicted octanol–water partition coefficient (Wildman–Crippen LogP) is 3.79. The van der Waals surface area contributed by atoms with Crippen molar-refractivity contribution in [2.24, 2.45) is 11.8 Å². The molecule has 4 heteroatoms. The van der Waals surface area contributed by atoms with Gasteiger partial charge in [-0.1, -0.05) is 70.2 Å². The first-order chi connectivity index (χ1) is 12.4. The summed E-state index contributed by atoms with van der Waals surface area (Å²) in [6, 6.07) is 9.77. The van der Waals surface area contributed by atoms with Gasteiger partial charge in [-0.3, -0.25) is 9.59 Å². The quantitative estimate of drug-likeness (QED) is 0.810. The Morgan fingerprint density at radius 3 is 1.92 bits per heavy atom. The molecule has 0 unspecified atom stereocenters. The average Bonchev–Trinajstić information content (AvgIpc) is 2.60. The van der Waals surface area contributed by atoms with Gasteiger partial charge < -0.3 is 10.6 Å². The lowest BCUT2D eigenvalue weighted by Crippen LogP contribution is -2.44. The Labute approximate surface area is 157 Å². The summed E-state index contributed by atoms with van der Waals surface area (Å²) >= 11 is 0. The maximum atomic E-state index is 13.0. The highest BCUT2D eigenvalue weighted by atomic mass is 16.2. The van der Waals surface area contributed by atoms with Crippen LogP contribution in [-0.4, -0.2) is 23.9 Å². The number of nitrogens with one attached hydrogen (secondary N) is 2. The summed E-state index contributed by atoms with van der Waals surface area (Å²) in [5.74, 6) is 0.0747. The second-order valence-electron chi connectivity index (χ2n) is 7.89. The molecule has 0 bridgehead atoms. The van der Waals surface area contributed by atoms with Crippen LogP contribution in [0, 0.1) is 11.8 Å². The fraction of sp³-hybridized carbons (Fsp3) is 0.545. The molecule has 0 saturated heterocycles. The fourth-order valence-corrected chi connectivity index (χ4v) is 3.26. The predicted molar refractivity (Wildman–Crippen MR) is 106 cm³/mol. The number of hydrogen-bond donors (Lipinski definition) is 2. The number of carbonyl (C=O) groups is 2. The zero-order chi connectivity index (χ0) is 19.1. The molecule has 1 aliphatic heterocycles. The zero-order valence-corrected chi connectivity index (χ0v) is 16.4. The molecule has 26 heavy (non-hydrogen) atoms. The van der Waals surface area contributed by atoms with E-state index in [0.717, 1.165) is 18.4 Å². The minimum atomic E-state index is -0.464. The topological polar surface area (TPSA) is 58.2 Å². The SMILES string of the molecule is CC(C)[C@@H]1C/C=C\C[C@H](C(C)C)NC(=O)[C@@H](c2ccccc2)CC(=O)N1. The third-order valence-corrected chi connectivity index (χ3v) is 5.14. The van der Waals surface area contributed by atoms with Crippen molar-refractivity contribution in [2.75, 3.05) is 0 Å². The van der Waals surface area contributed by atoms with Gasteiger partial charge in [-0.25, -0.2) is 0 Å². The molecule has 2 N–H and O–H groups in total. The molecule has 2 rings (SSSR count). The van der Waals surface area contributed by atoms with Gasteiger partial charge in [0.25, 0.3) is 0 Å². The van der Waals surface area contributed by atoms with E-state index < -0.39 is 5.92 Å². The van der Waals surface area contributed by atoms with Gasteiger partial charge in [0.15, 0.2) is 0 Å². The van der Waals surface area contributed by atoms with Crippen LogP contribution >= 0.6 is 0 Å². The van der Waals surface area contributed by atoms with Crippen molar-refractivity contribution in [3.63, 3.8) is 0 Å². The highest BCUT2D eigenvalue weighted by molar-refractivity contribution is 5.90. The highest BCUT2D eigenvalue weighted by Crippen LogP contribution is 2.22. The van der Waals surface area contributed by atoms with E-state index >= 15 is 0 Å². The lowest BCUT2D eigenvalue weighted by molar-refractivity contribution is -0.129. The van der Waals surface area contributed by atoms with E-state index in [1.54, 1.807) is 0 Å². The third-order valence-electron chi connectivity index (χ3n) is 5.14. The van der Waals surface area contributed by atoms with Gasteiger partial charge in [0.1, 0.15) is 0 Å².